The molecular weight excluding hydrogens is 342 g/mol. The van der Waals surface area contributed by atoms with Crippen LogP contribution < -0.4 is 5.32 Å². The zero-order chi connectivity index (χ0) is 18.8. The minimum absolute atomic E-state index is 0.308. The summed E-state index contributed by atoms with van der Waals surface area (Å²) in [5, 5.41) is 7.85. The number of hydrogen-bond acceptors (Lipinski definition) is 6. The average molecular weight is 361 g/mol. The maximum atomic E-state index is 12.7. The lowest BCUT2D eigenvalue weighted by Crippen LogP contribution is -2.29. The molecule has 27 heavy (non-hydrogen) atoms. The first-order valence-electron chi connectivity index (χ1n) is 8.76. The molecule has 0 saturated heterocycles. The largest absolute Gasteiger partial charge is 0.463 e. The number of ether oxygens (including phenoxy) is 1. The molecule has 136 valence electrons. The van der Waals surface area contributed by atoms with Crippen LogP contribution in [0.5, 0.6) is 0 Å². The molecule has 7 heteroatoms. The number of rotatable bonds is 4. The lowest BCUT2D eigenvalue weighted by Gasteiger charge is -2.28. The number of carbonyl (C=O) groups excluding carboxylic acids is 1. The van der Waals surface area contributed by atoms with Crippen molar-refractivity contribution in [3.05, 3.63) is 71.7 Å². The van der Waals surface area contributed by atoms with Crippen LogP contribution in [0.2, 0.25) is 0 Å². The summed E-state index contributed by atoms with van der Waals surface area (Å²) < 4.78 is 7.03. The number of esters is 1. The Bertz CT molecular complexity index is 996. The maximum absolute atomic E-state index is 12.7. The van der Waals surface area contributed by atoms with Crippen LogP contribution in [-0.2, 0) is 9.53 Å². The van der Waals surface area contributed by atoms with E-state index < -0.39 is 6.04 Å². The first-order chi connectivity index (χ1) is 13.2. The summed E-state index contributed by atoms with van der Waals surface area (Å²) in [6, 6.07) is 13.1. The van der Waals surface area contributed by atoms with E-state index in [4.69, 9.17) is 4.74 Å². The molecule has 1 atom stereocenters. The number of allylic oxidation sites excluding steroid dienone is 1. The van der Waals surface area contributed by atoms with E-state index in [1.165, 1.54) is 0 Å². The molecule has 4 rings (SSSR count). The van der Waals surface area contributed by atoms with Gasteiger partial charge in [-0.25, -0.2) is 9.48 Å². The third-order valence-electron chi connectivity index (χ3n) is 4.38. The Morgan fingerprint density at radius 2 is 2.04 bits per heavy atom. The minimum atomic E-state index is -0.417. The van der Waals surface area contributed by atoms with E-state index in [2.05, 4.69) is 20.4 Å². The molecule has 1 aliphatic heterocycles. The molecule has 1 aliphatic rings. The average Bonchev–Trinajstić information content (AvgIpc) is 3.12. The number of anilines is 1. The standard InChI is InChI=1S/C20H19N5O2/c1-3-27-19(26)16-13(2)22-20-23-18(15-10-7-11-21-12-15)24-25(20)17(16)14-8-5-4-6-9-14/h4-12,17H,3H2,1-2H3,(H,22,23,24). The number of hydrogen-bond donors (Lipinski definition) is 1. The minimum Gasteiger partial charge on any atom is -0.463 e. The van der Waals surface area contributed by atoms with Crippen molar-refractivity contribution in [1.82, 2.24) is 19.7 Å². The molecule has 0 amide bonds. The van der Waals surface area contributed by atoms with E-state index in [0.29, 0.717) is 29.6 Å². The monoisotopic (exact) mass is 361 g/mol. The van der Waals surface area contributed by atoms with E-state index in [0.717, 1.165) is 11.1 Å². The van der Waals surface area contributed by atoms with E-state index in [9.17, 15) is 4.79 Å². The number of benzene rings is 1. The van der Waals surface area contributed by atoms with Gasteiger partial charge >= 0.3 is 5.97 Å². The SMILES string of the molecule is CCOC(=O)C1=C(C)Nc2nc(-c3cccnc3)nn2C1c1ccccc1. The fourth-order valence-electron chi connectivity index (χ4n) is 3.19. The summed E-state index contributed by atoms with van der Waals surface area (Å²) in [5.41, 5.74) is 2.98. The second kappa shape index (κ2) is 7.03. The first-order valence-corrected chi connectivity index (χ1v) is 8.76. The van der Waals surface area contributed by atoms with Crippen molar-refractivity contribution in [2.75, 3.05) is 11.9 Å². The van der Waals surface area contributed by atoms with Crippen LogP contribution in [0.3, 0.4) is 0 Å². The van der Waals surface area contributed by atoms with Crippen LogP contribution >= 0.6 is 0 Å². The molecule has 0 aliphatic carbocycles. The van der Waals surface area contributed by atoms with Crippen LogP contribution in [0.25, 0.3) is 11.4 Å². The fourth-order valence-corrected chi connectivity index (χ4v) is 3.19. The Morgan fingerprint density at radius 1 is 1.22 bits per heavy atom. The Morgan fingerprint density at radius 3 is 2.74 bits per heavy atom. The summed E-state index contributed by atoms with van der Waals surface area (Å²) >= 11 is 0. The normalized spacial score (nSPS) is 15.9. The Balaban J connectivity index is 1.86. The van der Waals surface area contributed by atoms with Gasteiger partial charge in [-0.2, -0.15) is 4.98 Å². The third kappa shape index (κ3) is 3.08. The van der Waals surface area contributed by atoms with Crippen molar-refractivity contribution in [2.45, 2.75) is 19.9 Å². The van der Waals surface area contributed by atoms with Gasteiger partial charge in [-0.1, -0.05) is 30.3 Å². The summed E-state index contributed by atoms with van der Waals surface area (Å²) in [4.78, 5) is 21.4. The van der Waals surface area contributed by atoms with Crippen molar-refractivity contribution in [1.29, 1.82) is 0 Å². The molecule has 1 aromatic carbocycles. The highest BCUT2D eigenvalue weighted by Gasteiger charge is 2.35. The number of nitrogens with one attached hydrogen (secondary N) is 1. The van der Waals surface area contributed by atoms with Crippen LogP contribution in [0.4, 0.5) is 5.95 Å². The van der Waals surface area contributed by atoms with Gasteiger partial charge in [0, 0.05) is 23.7 Å². The molecule has 0 bridgehead atoms. The highest BCUT2D eigenvalue weighted by molar-refractivity contribution is 5.92. The number of nitrogens with zero attached hydrogens (tertiary/aromatic N) is 4. The van der Waals surface area contributed by atoms with Gasteiger partial charge in [-0.15, -0.1) is 5.10 Å². The molecule has 1 unspecified atom stereocenters. The molecule has 3 aromatic rings. The van der Waals surface area contributed by atoms with Crippen molar-refractivity contribution < 1.29 is 9.53 Å². The topological polar surface area (TPSA) is 81.9 Å². The molecule has 1 N–H and O–H groups in total. The quantitative estimate of drug-likeness (QED) is 0.719. The highest BCUT2D eigenvalue weighted by atomic mass is 16.5. The Kier molecular flexibility index (Phi) is 4.42. The van der Waals surface area contributed by atoms with E-state index in [1.54, 1.807) is 24.0 Å². The fraction of sp³-hybridized carbons (Fsp3) is 0.200. The van der Waals surface area contributed by atoms with E-state index in [1.807, 2.05) is 49.4 Å². The van der Waals surface area contributed by atoms with Crippen LogP contribution in [0, 0.1) is 0 Å². The van der Waals surface area contributed by atoms with Crippen LogP contribution in [0.15, 0.2) is 66.1 Å². The number of pyridine rings is 1. The second-order valence-corrected chi connectivity index (χ2v) is 6.14. The zero-order valence-corrected chi connectivity index (χ0v) is 15.1. The number of aromatic nitrogens is 4. The van der Waals surface area contributed by atoms with Gasteiger partial charge in [-0.05, 0) is 31.5 Å². The predicted molar refractivity (Wildman–Crippen MR) is 101 cm³/mol. The van der Waals surface area contributed by atoms with Gasteiger partial charge in [0.05, 0.1) is 12.2 Å². The van der Waals surface area contributed by atoms with Crippen molar-refractivity contribution >= 4 is 11.9 Å². The summed E-state index contributed by atoms with van der Waals surface area (Å²) in [6.45, 7) is 3.95. The summed E-state index contributed by atoms with van der Waals surface area (Å²) in [7, 11) is 0. The lowest BCUT2D eigenvalue weighted by molar-refractivity contribution is -0.139. The number of fused-ring (bicyclic) bond motifs is 1. The molecular formula is C20H19N5O2. The number of carbonyl (C=O) groups is 1. The summed E-state index contributed by atoms with van der Waals surface area (Å²) in [5.74, 6) is 0.762. The second-order valence-electron chi connectivity index (χ2n) is 6.14. The third-order valence-corrected chi connectivity index (χ3v) is 4.38. The lowest BCUT2D eigenvalue weighted by atomic mass is 9.96. The zero-order valence-electron chi connectivity index (χ0n) is 15.1. The Hall–Kier alpha value is -3.48. The van der Waals surface area contributed by atoms with Gasteiger partial charge in [-0.3, -0.25) is 4.98 Å². The summed E-state index contributed by atoms with van der Waals surface area (Å²) in [6.07, 6.45) is 3.42. The molecule has 0 radical (unpaired) electrons. The van der Waals surface area contributed by atoms with Crippen molar-refractivity contribution in [3.63, 3.8) is 0 Å². The maximum Gasteiger partial charge on any atom is 0.338 e. The Labute approximate surface area is 156 Å². The van der Waals surface area contributed by atoms with E-state index >= 15 is 0 Å². The van der Waals surface area contributed by atoms with E-state index in [-0.39, 0.29) is 5.97 Å². The smallest absolute Gasteiger partial charge is 0.338 e. The first kappa shape index (κ1) is 17.0. The van der Waals surface area contributed by atoms with Gasteiger partial charge in [0.25, 0.3) is 0 Å². The molecule has 0 fully saturated rings. The predicted octanol–water partition coefficient (Wildman–Crippen LogP) is 3.19. The van der Waals surface area contributed by atoms with Gasteiger partial charge in [0.2, 0.25) is 5.95 Å². The van der Waals surface area contributed by atoms with Crippen molar-refractivity contribution in [3.8, 4) is 11.4 Å². The molecule has 0 spiro atoms. The molecule has 3 heterocycles. The van der Waals surface area contributed by atoms with Crippen LogP contribution in [0.1, 0.15) is 25.5 Å². The molecule has 2 aromatic heterocycles. The van der Waals surface area contributed by atoms with Gasteiger partial charge in [0.15, 0.2) is 5.82 Å². The van der Waals surface area contributed by atoms with Gasteiger partial charge < -0.3 is 10.1 Å². The molecule has 7 nitrogen and oxygen atoms in total. The van der Waals surface area contributed by atoms with Crippen molar-refractivity contribution in [2.24, 2.45) is 0 Å². The highest BCUT2D eigenvalue weighted by Crippen LogP contribution is 2.36. The van der Waals surface area contributed by atoms with Crippen LogP contribution in [-0.4, -0.2) is 32.3 Å². The van der Waals surface area contributed by atoms with Gasteiger partial charge in [0.1, 0.15) is 6.04 Å². The molecule has 0 saturated carbocycles.